The van der Waals surface area contributed by atoms with Gasteiger partial charge in [0.25, 0.3) is 5.69 Å². The summed E-state index contributed by atoms with van der Waals surface area (Å²) in [4.78, 5) is 36.5. The van der Waals surface area contributed by atoms with Crippen LogP contribution in [0.3, 0.4) is 0 Å². The van der Waals surface area contributed by atoms with Gasteiger partial charge in [-0.05, 0) is 19.4 Å². The van der Waals surface area contributed by atoms with Gasteiger partial charge in [-0.2, -0.15) is 0 Å². The maximum atomic E-state index is 12.3. The van der Waals surface area contributed by atoms with Crippen molar-refractivity contribution in [2.45, 2.75) is 26.1 Å². The van der Waals surface area contributed by atoms with Gasteiger partial charge in [-0.15, -0.1) is 0 Å². The number of carbonyl (C=O) groups is 2. The number of amides is 1. The molecule has 0 aliphatic carbocycles. The lowest BCUT2D eigenvalue weighted by molar-refractivity contribution is -0.384. The smallest absolute Gasteiger partial charge is 0.411 e. The van der Waals surface area contributed by atoms with Crippen molar-refractivity contribution in [1.29, 1.82) is 0 Å². The Kier molecular flexibility index (Phi) is 5.26. The highest BCUT2D eigenvalue weighted by atomic mass is 16.6. The number of hydrogen-bond donors (Lipinski definition) is 1. The number of benzene rings is 1. The van der Waals surface area contributed by atoms with E-state index in [-0.39, 0.29) is 11.3 Å². The SMILES string of the molecule is COC(=O)C1=C(C)NC(C)N(C(=O)OC)C1c1cccc([N+](=O)[O-])c1. The molecule has 0 fully saturated rings. The Morgan fingerprint density at radius 3 is 2.52 bits per heavy atom. The second kappa shape index (κ2) is 7.20. The Bertz CT molecular complexity index is 745. The Morgan fingerprint density at radius 2 is 1.96 bits per heavy atom. The lowest BCUT2D eigenvalue weighted by Crippen LogP contribution is -2.53. The molecule has 2 unspecified atom stereocenters. The number of allylic oxidation sites excluding steroid dienone is 1. The Morgan fingerprint density at radius 1 is 1.28 bits per heavy atom. The average molecular weight is 349 g/mol. The molecule has 1 amide bonds. The fraction of sp³-hybridized carbons (Fsp3) is 0.375. The zero-order valence-electron chi connectivity index (χ0n) is 14.3. The van der Waals surface area contributed by atoms with Crippen LogP contribution in [-0.2, 0) is 14.3 Å². The van der Waals surface area contributed by atoms with Crippen molar-refractivity contribution in [3.05, 3.63) is 51.2 Å². The molecule has 1 aliphatic rings. The largest absolute Gasteiger partial charge is 0.466 e. The summed E-state index contributed by atoms with van der Waals surface area (Å²) in [7, 11) is 2.45. The summed E-state index contributed by atoms with van der Waals surface area (Å²) in [6.07, 6.45) is -1.17. The van der Waals surface area contributed by atoms with E-state index in [0.29, 0.717) is 11.3 Å². The van der Waals surface area contributed by atoms with E-state index < -0.39 is 29.2 Å². The summed E-state index contributed by atoms with van der Waals surface area (Å²) in [5, 5.41) is 14.1. The van der Waals surface area contributed by atoms with Crippen LogP contribution >= 0.6 is 0 Å². The molecule has 1 aliphatic heterocycles. The van der Waals surface area contributed by atoms with Crippen LogP contribution in [0, 0.1) is 10.1 Å². The van der Waals surface area contributed by atoms with E-state index in [1.165, 1.54) is 37.3 Å². The third-order valence-corrected chi connectivity index (χ3v) is 3.99. The van der Waals surface area contributed by atoms with Gasteiger partial charge in [0.2, 0.25) is 0 Å². The molecule has 1 aromatic carbocycles. The number of nitro benzene ring substituents is 1. The van der Waals surface area contributed by atoms with Crippen LogP contribution in [0.2, 0.25) is 0 Å². The molecule has 0 radical (unpaired) electrons. The van der Waals surface area contributed by atoms with Crippen molar-refractivity contribution in [3.63, 3.8) is 0 Å². The maximum absolute atomic E-state index is 12.3. The van der Waals surface area contributed by atoms with E-state index in [0.717, 1.165) is 0 Å². The van der Waals surface area contributed by atoms with Crippen LogP contribution in [-0.4, -0.2) is 42.3 Å². The van der Waals surface area contributed by atoms with Crippen molar-refractivity contribution in [2.24, 2.45) is 0 Å². The molecule has 1 aromatic rings. The molecule has 0 bridgehead atoms. The molecule has 9 heteroatoms. The minimum Gasteiger partial charge on any atom is -0.466 e. The molecule has 0 saturated carbocycles. The zero-order valence-corrected chi connectivity index (χ0v) is 14.3. The Labute approximate surface area is 144 Å². The van der Waals surface area contributed by atoms with E-state index in [2.05, 4.69) is 5.32 Å². The van der Waals surface area contributed by atoms with Gasteiger partial charge < -0.3 is 14.8 Å². The third-order valence-electron chi connectivity index (χ3n) is 3.99. The van der Waals surface area contributed by atoms with Gasteiger partial charge in [0, 0.05) is 17.8 Å². The topological polar surface area (TPSA) is 111 Å². The zero-order chi connectivity index (χ0) is 18.7. The van der Waals surface area contributed by atoms with Crippen LogP contribution in [0.5, 0.6) is 0 Å². The van der Waals surface area contributed by atoms with E-state index >= 15 is 0 Å². The van der Waals surface area contributed by atoms with Gasteiger partial charge in [-0.3, -0.25) is 15.0 Å². The van der Waals surface area contributed by atoms with Crippen LogP contribution in [0.4, 0.5) is 10.5 Å². The summed E-state index contributed by atoms with van der Waals surface area (Å²) in [5.74, 6) is -0.637. The van der Waals surface area contributed by atoms with Crippen LogP contribution in [0.15, 0.2) is 35.5 Å². The van der Waals surface area contributed by atoms with Crippen molar-refractivity contribution in [2.75, 3.05) is 14.2 Å². The van der Waals surface area contributed by atoms with Gasteiger partial charge in [0.1, 0.15) is 6.17 Å². The average Bonchev–Trinajstić information content (AvgIpc) is 2.59. The van der Waals surface area contributed by atoms with Gasteiger partial charge in [0.05, 0.1) is 30.8 Å². The molecule has 0 aromatic heterocycles. The van der Waals surface area contributed by atoms with Crippen molar-refractivity contribution in [3.8, 4) is 0 Å². The first-order valence-electron chi connectivity index (χ1n) is 7.48. The van der Waals surface area contributed by atoms with E-state index in [4.69, 9.17) is 9.47 Å². The lowest BCUT2D eigenvalue weighted by atomic mass is 9.92. The number of carbonyl (C=O) groups excluding carboxylic acids is 2. The first-order valence-corrected chi connectivity index (χ1v) is 7.48. The second-order valence-electron chi connectivity index (χ2n) is 5.48. The molecule has 1 heterocycles. The third kappa shape index (κ3) is 3.39. The standard InChI is InChI=1S/C16H19N3O6/c1-9-13(15(20)24-3)14(18(10(2)17-9)16(21)25-4)11-6-5-7-12(8-11)19(22)23/h5-8,10,14,17H,1-4H3. The summed E-state index contributed by atoms with van der Waals surface area (Å²) < 4.78 is 9.66. The lowest BCUT2D eigenvalue weighted by Gasteiger charge is -2.41. The van der Waals surface area contributed by atoms with Crippen LogP contribution < -0.4 is 5.32 Å². The predicted molar refractivity (Wildman–Crippen MR) is 87.4 cm³/mol. The summed E-state index contributed by atoms with van der Waals surface area (Å²) in [6.45, 7) is 3.40. The monoisotopic (exact) mass is 349 g/mol. The number of rotatable bonds is 3. The molecular formula is C16H19N3O6. The van der Waals surface area contributed by atoms with Gasteiger partial charge in [0.15, 0.2) is 0 Å². The molecule has 25 heavy (non-hydrogen) atoms. The normalized spacial score (nSPS) is 19.9. The predicted octanol–water partition coefficient (Wildman–Crippen LogP) is 2.10. The highest BCUT2D eigenvalue weighted by Gasteiger charge is 2.41. The highest BCUT2D eigenvalue weighted by Crippen LogP contribution is 2.37. The second-order valence-corrected chi connectivity index (χ2v) is 5.48. The summed E-state index contributed by atoms with van der Waals surface area (Å²) in [5.41, 5.74) is 0.977. The molecule has 0 spiro atoms. The minimum absolute atomic E-state index is 0.143. The molecular weight excluding hydrogens is 330 g/mol. The number of methoxy groups -OCH3 is 2. The maximum Gasteiger partial charge on any atom is 0.411 e. The highest BCUT2D eigenvalue weighted by molar-refractivity contribution is 5.92. The first-order chi connectivity index (χ1) is 11.8. The van der Waals surface area contributed by atoms with Crippen molar-refractivity contribution < 1.29 is 24.0 Å². The van der Waals surface area contributed by atoms with E-state index in [1.54, 1.807) is 19.9 Å². The summed E-state index contributed by atoms with van der Waals surface area (Å²) in [6, 6.07) is 4.90. The number of nitro groups is 1. The number of nitrogens with one attached hydrogen (secondary N) is 1. The number of esters is 1. The van der Waals surface area contributed by atoms with Crippen LogP contribution in [0.1, 0.15) is 25.5 Å². The molecule has 1 N–H and O–H groups in total. The number of non-ortho nitro benzene ring substituents is 1. The Balaban J connectivity index is 2.68. The van der Waals surface area contributed by atoms with E-state index in [9.17, 15) is 19.7 Å². The van der Waals surface area contributed by atoms with Crippen molar-refractivity contribution in [1.82, 2.24) is 10.2 Å². The fourth-order valence-electron chi connectivity index (χ4n) is 2.91. The number of hydrogen-bond acceptors (Lipinski definition) is 7. The first kappa shape index (κ1) is 18.2. The number of nitrogens with zero attached hydrogens (tertiary/aromatic N) is 2. The van der Waals surface area contributed by atoms with E-state index in [1.807, 2.05) is 0 Å². The molecule has 0 saturated heterocycles. The quantitative estimate of drug-likeness (QED) is 0.505. The van der Waals surface area contributed by atoms with Crippen molar-refractivity contribution >= 4 is 17.7 Å². The molecule has 9 nitrogen and oxygen atoms in total. The van der Waals surface area contributed by atoms with Crippen LogP contribution in [0.25, 0.3) is 0 Å². The minimum atomic E-state index is -0.879. The molecule has 2 rings (SSSR count). The number of ether oxygens (including phenoxy) is 2. The van der Waals surface area contributed by atoms with Gasteiger partial charge >= 0.3 is 12.1 Å². The fourth-order valence-corrected chi connectivity index (χ4v) is 2.91. The molecule has 2 atom stereocenters. The Hall–Kier alpha value is -3.10. The van der Waals surface area contributed by atoms with Gasteiger partial charge in [-0.25, -0.2) is 9.59 Å². The molecule has 134 valence electrons. The van der Waals surface area contributed by atoms with Gasteiger partial charge in [-0.1, -0.05) is 12.1 Å². The summed E-state index contributed by atoms with van der Waals surface area (Å²) >= 11 is 0.